The summed E-state index contributed by atoms with van der Waals surface area (Å²) in [6.07, 6.45) is 1.75. The van der Waals surface area contributed by atoms with Crippen LogP contribution in [0.1, 0.15) is 30.1 Å². The molecule has 10 heteroatoms. The van der Waals surface area contributed by atoms with Crippen LogP contribution < -0.4 is 14.9 Å². The van der Waals surface area contributed by atoms with Crippen LogP contribution in [0.25, 0.3) is 0 Å². The average Bonchev–Trinajstić information content (AvgIpc) is 2.85. The van der Waals surface area contributed by atoms with Gasteiger partial charge in [-0.1, -0.05) is 72.9 Å². The number of sulfonamides is 1. The largest absolute Gasteiger partial charge is 0.352 e. The lowest BCUT2D eigenvalue weighted by atomic mass is 10.1. The Morgan fingerprint density at radius 3 is 2.31 bits per heavy atom. The van der Waals surface area contributed by atoms with Gasteiger partial charge in [0.05, 0.1) is 31.9 Å². The lowest BCUT2D eigenvalue weighted by molar-refractivity contribution is -0.114. The smallest absolute Gasteiger partial charge is 0.264 e. The summed E-state index contributed by atoms with van der Waals surface area (Å²) in [4.78, 5) is 25.7. The maximum Gasteiger partial charge on any atom is 0.264 e. The van der Waals surface area contributed by atoms with Gasteiger partial charge in [-0.3, -0.25) is 13.9 Å². The highest BCUT2D eigenvalue weighted by Gasteiger charge is 2.29. The second-order valence-corrected chi connectivity index (χ2v) is 10.2. The first-order valence-corrected chi connectivity index (χ1v) is 13.1. The molecule has 0 aromatic heterocycles. The number of para-hydroxylation sites is 1. The minimum Gasteiger partial charge on any atom is -0.352 e. The first kappa shape index (κ1) is 26.5. The van der Waals surface area contributed by atoms with Crippen molar-refractivity contribution in [3.8, 4) is 0 Å². The van der Waals surface area contributed by atoms with Crippen molar-refractivity contribution < 1.29 is 18.0 Å². The molecule has 3 rings (SSSR count). The molecular weight excluding hydrogens is 509 g/mol. The predicted octanol–water partition coefficient (Wildman–Crippen LogP) is 5.36. The Morgan fingerprint density at radius 1 is 0.914 bits per heavy atom. The molecule has 0 aliphatic carbocycles. The van der Waals surface area contributed by atoms with E-state index >= 15 is 0 Å². The first-order valence-electron chi connectivity index (χ1n) is 10.9. The summed E-state index contributed by atoms with van der Waals surface area (Å²) in [6.45, 7) is 1.93. The molecule has 0 saturated heterocycles. The second-order valence-electron chi connectivity index (χ2n) is 7.60. The summed E-state index contributed by atoms with van der Waals surface area (Å²) in [7, 11) is -4.17. The van der Waals surface area contributed by atoms with Gasteiger partial charge in [0.25, 0.3) is 15.9 Å². The van der Waals surface area contributed by atoms with E-state index in [1.165, 1.54) is 24.3 Å². The molecule has 0 bridgehead atoms. The molecule has 2 N–H and O–H groups in total. The van der Waals surface area contributed by atoms with Crippen LogP contribution in [-0.2, 0) is 14.8 Å². The van der Waals surface area contributed by atoms with Crippen LogP contribution in [0.2, 0.25) is 10.0 Å². The Bertz CT molecular complexity index is 1300. The maximum absolute atomic E-state index is 13.5. The van der Waals surface area contributed by atoms with Gasteiger partial charge in [0.1, 0.15) is 6.54 Å². The van der Waals surface area contributed by atoms with Crippen LogP contribution in [-0.4, -0.2) is 33.3 Å². The Morgan fingerprint density at radius 2 is 1.60 bits per heavy atom. The lowest BCUT2D eigenvalue weighted by Crippen LogP contribution is -2.38. The maximum atomic E-state index is 13.5. The van der Waals surface area contributed by atoms with E-state index in [-0.39, 0.29) is 37.8 Å². The Hall–Kier alpha value is -3.07. The van der Waals surface area contributed by atoms with E-state index in [1.54, 1.807) is 48.5 Å². The fourth-order valence-electron chi connectivity index (χ4n) is 3.29. The van der Waals surface area contributed by atoms with E-state index in [0.29, 0.717) is 6.54 Å². The van der Waals surface area contributed by atoms with Crippen molar-refractivity contribution in [2.45, 2.75) is 24.7 Å². The van der Waals surface area contributed by atoms with Gasteiger partial charge in [-0.25, -0.2) is 8.42 Å². The molecule has 0 heterocycles. The Labute approximate surface area is 215 Å². The number of carbonyl (C=O) groups excluding carboxylic acids is 2. The van der Waals surface area contributed by atoms with Gasteiger partial charge >= 0.3 is 0 Å². The van der Waals surface area contributed by atoms with Crippen LogP contribution in [0.15, 0.2) is 77.7 Å². The SMILES string of the molecule is CCCCNC(=O)c1ccccc1NC(=O)CN(c1cccc(Cl)c1Cl)S(=O)(=O)c1ccccc1. The van der Waals surface area contributed by atoms with E-state index in [2.05, 4.69) is 10.6 Å². The van der Waals surface area contributed by atoms with Gasteiger partial charge in [-0.2, -0.15) is 0 Å². The fraction of sp³-hybridized carbons (Fsp3) is 0.200. The zero-order chi connectivity index (χ0) is 25.4. The van der Waals surface area contributed by atoms with E-state index in [1.807, 2.05) is 6.92 Å². The minimum absolute atomic E-state index is 0.00262. The van der Waals surface area contributed by atoms with Crippen molar-refractivity contribution in [2.75, 3.05) is 22.7 Å². The highest BCUT2D eigenvalue weighted by atomic mass is 35.5. The van der Waals surface area contributed by atoms with Gasteiger partial charge < -0.3 is 10.6 Å². The summed E-state index contributed by atoms with van der Waals surface area (Å²) in [5, 5.41) is 5.61. The van der Waals surface area contributed by atoms with E-state index < -0.39 is 22.5 Å². The first-order chi connectivity index (χ1) is 16.8. The van der Waals surface area contributed by atoms with Crippen molar-refractivity contribution in [3.63, 3.8) is 0 Å². The summed E-state index contributed by atoms with van der Waals surface area (Å²) < 4.78 is 27.9. The van der Waals surface area contributed by atoms with Gasteiger partial charge in [0.2, 0.25) is 5.91 Å². The molecular formula is C25H25Cl2N3O4S. The van der Waals surface area contributed by atoms with Crippen molar-refractivity contribution in [1.82, 2.24) is 5.32 Å². The topological polar surface area (TPSA) is 95.6 Å². The molecule has 3 aromatic rings. The molecule has 35 heavy (non-hydrogen) atoms. The number of amides is 2. The third-order valence-electron chi connectivity index (χ3n) is 5.08. The normalized spacial score (nSPS) is 11.1. The van der Waals surface area contributed by atoms with Crippen LogP contribution >= 0.6 is 23.2 Å². The molecule has 0 unspecified atom stereocenters. The van der Waals surface area contributed by atoms with Crippen molar-refractivity contribution in [3.05, 3.63) is 88.4 Å². The van der Waals surface area contributed by atoms with E-state index in [0.717, 1.165) is 17.1 Å². The predicted molar refractivity (Wildman–Crippen MR) is 140 cm³/mol. The molecule has 0 radical (unpaired) electrons. The van der Waals surface area contributed by atoms with Crippen molar-refractivity contribution in [1.29, 1.82) is 0 Å². The molecule has 0 fully saturated rings. The molecule has 0 spiro atoms. The number of hydrogen-bond donors (Lipinski definition) is 2. The van der Waals surface area contributed by atoms with Crippen LogP contribution in [0.3, 0.4) is 0 Å². The molecule has 7 nitrogen and oxygen atoms in total. The van der Waals surface area contributed by atoms with Gasteiger partial charge in [0.15, 0.2) is 0 Å². The zero-order valence-corrected chi connectivity index (χ0v) is 21.3. The number of anilines is 2. The number of nitrogens with one attached hydrogen (secondary N) is 2. The van der Waals surface area contributed by atoms with Crippen LogP contribution in [0.4, 0.5) is 11.4 Å². The zero-order valence-electron chi connectivity index (χ0n) is 19.0. The Balaban J connectivity index is 1.92. The third kappa shape index (κ3) is 6.54. The third-order valence-corrected chi connectivity index (χ3v) is 7.66. The number of carbonyl (C=O) groups is 2. The number of unbranched alkanes of at least 4 members (excludes halogenated alkanes) is 1. The number of nitrogens with zero attached hydrogens (tertiary/aromatic N) is 1. The number of benzene rings is 3. The van der Waals surface area contributed by atoms with E-state index in [9.17, 15) is 18.0 Å². The van der Waals surface area contributed by atoms with Crippen LogP contribution in [0.5, 0.6) is 0 Å². The Kier molecular flexibility index (Phi) is 9.14. The molecule has 0 atom stereocenters. The summed E-state index contributed by atoms with van der Waals surface area (Å²) in [6, 6.07) is 18.8. The molecule has 0 saturated carbocycles. The molecule has 3 aromatic carbocycles. The molecule has 184 valence electrons. The standard InChI is InChI=1S/C25H25Cl2N3O4S/c1-2-3-16-28-25(32)19-12-7-8-14-21(19)29-23(31)17-30(22-15-9-13-20(26)24(22)27)35(33,34)18-10-5-4-6-11-18/h4-15H,2-3,16-17H2,1H3,(H,28,32)(H,29,31). The molecule has 0 aliphatic rings. The number of halogens is 2. The molecule has 0 aliphatic heterocycles. The van der Waals surface area contributed by atoms with E-state index in [4.69, 9.17) is 23.2 Å². The average molecular weight is 534 g/mol. The lowest BCUT2D eigenvalue weighted by Gasteiger charge is -2.25. The van der Waals surface area contributed by atoms with Gasteiger partial charge in [-0.05, 0) is 42.8 Å². The number of rotatable bonds is 10. The monoisotopic (exact) mass is 533 g/mol. The van der Waals surface area contributed by atoms with Crippen molar-refractivity contribution >= 4 is 56.4 Å². The highest BCUT2D eigenvalue weighted by molar-refractivity contribution is 7.92. The summed E-state index contributed by atoms with van der Waals surface area (Å²) >= 11 is 12.5. The summed E-state index contributed by atoms with van der Waals surface area (Å²) in [5.74, 6) is -0.990. The van der Waals surface area contributed by atoms with Crippen LogP contribution in [0, 0.1) is 0 Å². The van der Waals surface area contributed by atoms with Crippen molar-refractivity contribution in [2.24, 2.45) is 0 Å². The quantitative estimate of drug-likeness (QED) is 0.343. The highest BCUT2D eigenvalue weighted by Crippen LogP contribution is 2.35. The van der Waals surface area contributed by atoms with Gasteiger partial charge in [-0.15, -0.1) is 0 Å². The van der Waals surface area contributed by atoms with Gasteiger partial charge in [0, 0.05) is 6.54 Å². The minimum atomic E-state index is -4.17. The fourth-order valence-corrected chi connectivity index (χ4v) is 5.19. The second kappa shape index (κ2) is 12.1. The molecule has 2 amide bonds. The summed E-state index contributed by atoms with van der Waals surface area (Å²) in [5.41, 5.74) is 0.597. The number of hydrogen-bond acceptors (Lipinski definition) is 4.